The summed E-state index contributed by atoms with van der Waals surface area (Å²) in [6.45, 7) is 2.16. The Morgan fingerprint density at radius 1 is 1.00 bits per heavy atom. The van der Waals surface area contributed by atoms with Crippen molar-refractivity contribution in [3.8, 4) is 0 Å². The van der Waals surface area contributed by atoms with E-state index in [0.29, 0.717) is 0 Å². The number of aliphatic hydroxyl groups excluding tert-OH is 1. The van der Waals surface area contributed by atoms with Crippen LogP contribution < -0.4 is 21.7 Å². The second kappa shape index (κ2) is 11.0. The van der Waals surface area contributed by atoms with Gasteiger partial charge >= 0.3 is 5.97 Å². The Balaban J connectivity index is 2.84. The second-order valence-corrected chi connectivity index (χ2v) is 6.36. The number of aliphatic hydroxyl groups is 1. The number of nitrogens with one attached hydrogen (secondary N) is 3. The van der Waals surface area contributed by atoms with Crippen LogP contribution >= 0.6 is 0 Å². The number of aliphatic carboxylic acids is 1. The van der Waals surface area contributed by atoms with E-state index >= 15 is 0 Å². The van der Waals surface area contributed by atoms with Gasteiger partial charge in [0, 0.05) is 6.42 Å². The van der Waals surface area contributed by atoms with Crippen LogP contribution in [0.3, 0.4) is 0 Å². The van der Waals surface area contributed by atoms with E-state index < -0.39 is 54.5 Å². The molecule has 10 heteroatoms. The molecule has 154 valence electrons. The minimum Gasteiger partial charge on any atom is -0.480 e. The summed E-state index contributed by atoms with van der Waals surface area (Å²) in [4.78, 5) is 47.1. The van der Waals surface area contributed by atoms with Crippen LogP contribution in [0.15, 0.2) is 30.3 Å². The third kappa shape index (κ3) is 7.72. The number of nitrogens with two attached hydrogens (primary N) is 1. The van der Waals surface area contributed by atoms with Gasteiger partial charge in [0.05, 0.1) is 6.10 Å². The highest BCUT2D eigenvalue weighted by molar-refractivity contribution is 5.93. The van der Waals surface area contributed by atoms with Crippen molar-refractivity contribution in [3.05, 3.63) is 35.9 Å². The fourth-order valence-corrected chi connectivity index (χ4v) is 2.24. The maximum Gasteiger partial charge on any atom is 0.322 e. The number of amides is 3. The van der Waals surface area contributed by atoms with E-state index in [2.05, 4.69) is 16.0 Å². The Morgan fingerprint density at radius 2 is 1.61 bits per heavy atom. The number of hydrogen-bond acceptors (Lipinski definition) is 6. The maximum atomic E-state index is 12.6. The zero-order valence-corrected chi connectivity index (χ0v) is 15.7. The number of hydrogen-bond donors (Lipinski definition) is 6. The van der Waals surface area contributed by atoms with Crippen LogP contribution in [0.5, 0.6) is 0 Å². The minimum atomic E-state index is -1.22. The van der Waals surface area contributed by atoms with Gasteiger partial charge in [-0.1, -0.05) is 30.3 Å². The van der Waals surface area contributed by atoms with Gasteiger partial charge in [-0.3, -0.25) is 19.2 Å². The van der Waals surface area contributed by atoms with Crippen LogP contribution in [-0.2, 0) is 25.6 Å². The molecule has 1 aromatic rings. The highest BCUT2D eigenvalue weighted by atomic mass is 16.4. The third-order valence-electron chi connectivity index (χ3n) is 3.90. The Kier molecular flexibility index (Phi) is 9.06. The number of carbonyl (C=O) groups is 4. The van der Waals surface area contributed by atoms with Gasteiger partial charge in [0.15, 0.2) is 0 Å². The molecule has 0 heterocycles. The predicted molar refractivity (Wildman–Crippen MR) is 100.0 cm³/mol. The summed E-state index contributed by atoms with van der Waals surface area (Å²) in [6, 6.07) is 5.60. The average molecular weight is 394 g/mol. The molecule has 3 amide bonds. The number of carboxylic acids is 1. The molecule has 4 unspecified atom stereocenters. The Morgan fingerprint density at radius 3 is 2.14 bits per heavy atom. The molecule has 0 saturated heterocycles. The standard InChI is InChI=1S/C18H26N4O6/c1-10(16(26)20-9-14(24)25)21-17(27)13(8-12-6-4-3-5-7-12)22-18(28)15(19)11(2)23/h3-7,10-11,13,15,23H,8-9,19H2,1-2H3,(H,20,26)(H,21,27)(H,22,28)(H,24,25). The van der Waals surface area contributed by atoms with Gasteiger partial charge in [-0.2, -0.15) is 0 Å². The molecule has 0 spiro atoms. The van der Waals surface area contributed by atoms with Crippen molar-refractivity contribution in [2.75, 3.05) is 6.54 Å². The Hall–Kier alpha value is -2.98. The first kappa shape index (κ1) is 23.1. The summed E-state index contributed by atoms with van der Waals surface area (Å²) < 4.78 is 0. The molecule has 0 bridgehead atoms. The van der Waals surface area contributed by atoms with Crippen LogP contribution in [0.2, 0.25) is 0 Å². The molecular weight excluding hydrogens is 368 g/mol. The van der Waals surface area contributed by atoms with E-state index in [-0.39, 0.29) is 6.42 Å². The molecule has 1 rings (SSSR count). The highest BCUT2D eigenvalue weighted by Gasteiger charge is 2.28. The summed E-state index contributed by atoms with van der Waals surface area (Å²) in [5.74, 6) is -3.25. The summed E-state index contributed by atoms with van der Waals surface area (Å²) in [5.41, 5.74) is 6.37. The quantitative estimate of drug-likeness (QED) is 0.270. The maximum absolute atomic E-state index is 12.6. The number of benzene rings is 1. The van der Waals surface area contributed by atoms with Crippen LogP contribution in [0, 0.1) is 0 Å². The van der Waals surface area contributed by atoms with Gasteiger partial charge in [-0.15, -0.1) is 0 Å². The number of carboxylic acid groups (broad SMARTS) is 1. The van der Waals surface area contributed by atoms with Gasteiger partial charge in [0.2, 0.25) is 17.7 Å². The summed E-state index contributed by atoms with van der Waals surface area (Å²) in [5, 5.41) is 25.1. The predicted octanol–water partition coefficient (Wildman–Crippen LogP) is -1.87. The fraction of sp³-hybridized carbons (Fsp3) is 0.444. The molecule has 10 nitrogen and oxygen atoms in total. The van der Waals surface area contributed by atoms with Gasteiger partial charge in [0.25, 0.3) is 0 Å². The van der Waals surface area contributed by atoms with Crippen molar-refractivity contribution in [2.24, 2.45) is 5.73 Å². The van der Waals surface area contributed by atoms with E-state index in [1.165, 1.54) is 13.8 Å². The Bertz CT molecular complexity index is 695. The smallest absolute Gasteiger partial charge is 0.322 e. The van der Waals surface area contributed by atoms with Crippen molar-refractivity contribution in [2.45, 2.75) is 44.5 Å². The molecule has 0 aliphatic carbocycles. The first-order valence-corrected chi connectivity index (χ1v) is 8.69. The summed E-state index contributed by atoms with van der Waals surface area (Å²) in [6.07, 6.45) is -0.977. The van der Waals surface area contributed by atoms with Crippen molar-refractivity contribution in [1.29, 1.82) is 0 Å². The van der Waals surface area contributed by atoms with Gasteiger partial charge in [-0.05, 0) is 19.4 Å². The van der Waals surface area contributed by atoms with Gasteiger partial charge < -0.3 is 31.9 Å². The molecule has 0 aliphatic rings. The molecule has 0 aromatic heterocycles. The number of carbonyl (C=O) groups excluding carboxylic acids is 3. The number of rotatable bonds is 10. The molecule has 1 aromatic carbocycles. The lowest BCUT2D eigenvalue weighted by molar-refractivity contribution is -0.138. The van der Waals surface area contributed by atoms with Gasteiger partial charge in [-0.25, -0.2) is 0 Å². The second-order valence-electron chi connectivity index (χ2n) is 6.36. The first-order chi connectivity index (χ1) is 13.1. The summed E-state index contributed by atoms with van der Waals surface area (Å²) >= 11 is 0. The normalized spacial score (nSPS) is 14.9. The third-order valence-corrected chi connectivity index (χ3v) is 3.90. The van der Waals surface area contributed by atoms with Crippen LogP contribution in [0.25, 0.3) is 0 Å². The topological polar surface area (TPSA) is 171 Å². The lowest BCUT2D eigenvalue weighted by Gasteiger charge is -2.23. The zero-order valence-electron chi connectivity index (χ0n) is 15.7. The molecule has 28 heavy (non-hydrogen) atoms. The molecule has 0 fully saturated rings. The summed E-state index contributed by atoms with van der Waals surface area (Å²) in [7, 11) is 0. The van der Waals surface area contributed by atoms with Crippen LogP contribution in [0.1, 0.15) is 19.4 Å². The molecule has 0 radical (unpaired) electrons. The monoisotopic (exact) mass is 394 g/mol. The van der Waals surface area contributed by atoms with Crippen LogP contribution in [-0.4, -0.2) is 64.7 Å². The van der Waals surface area contributed by atoms with Crippen molar-refractivity contribution >= 4 is 23.7 Å². The van der Waals surface area contributed by atoms with Gasteiger partial charge in [0.1, 0.15) is 24.7 Å². The Labute approximate surface area is 162 Å². The SMILES string of the molecule is CC(NC(=O)C(Cc1ccccc1)NC(=O)C(N)C(C)O)C(=O)NCC(=O)O. The molecular formula is C18H26N4O6. The lowest BCUT2D eigenvalue weighted by atomic mass is 10.0. The van der Waals surface area contributed by atoms with E-state index in [9.17, 15) is 24.3 Å². The molecule has 0 saturated carbocycles. The lowest BCUT2D eigenvalue weighted by Crippen LogP contribution is -2.57. The molecule has 4 atom stereocenters. The largest absolute Gasteiger partial charge is 0.480 e. The first-order valence-electron chi connectivity index (χ1n) is 8.69. The van der Waals surface area contributed by atoms with Crippen molar-refractivity contribution < 1.29 is 29.4 Å². The molecule has 7 N–H and O–H groups in total. The van der Waals surface area contributed by atoms with E-state index in [1.807, 2.05) is 0 Å². The van der Waals surface area contributed by atoms with Crippen molar-refractivity contribution in [1.82, 2.24) is 16.0 Å². The highest BCUT2D eigenvalue weighted by Crippen LogP contribution is 2.05. The zero-order chi connectivity index (χ0) is 21.3. The van der Waals surface area contributed by atoms with E-state index in [0.717, 1.165) is 5.56 Å². The van der Waals surface area contributed by atoms with E-state index in [1.54, 1.807) is 30.3 Å². The van der Waals surface area contributed by atoms with Crippen LogP contribution in [0.4, 0.5) is 0 Å². The molecule has 0 aliphatic heterocycles. The van der Waals surface area contributed by atoms with Crippen molar-refractivity contribution in [3.63, 3.8) is 0 Å². The van der Waals surface area contributed by atoms with E-state index in [4.69, 9.17) is 10.8 Å². The average Bonchev–Trinajstić information content (AvgIpc) is 2.65. The fourth-order valence-electron chi connectivity index (χ4n) is 2.24. The minimum absolute atomic E-state index is 0.133.